The van der Waals surface area contributed by atoms with Crippen LogP contribution in [0, 0.1) is 0 Å². The van der Waals surface area contributed by atoms with Crippen molar-refractivity contribution in [3.05, 3.63) is 45.8 Å². The van der Waals surface area contributed by atoms with Crippen LogP contribution in [0.15, 0.2) is 29.2 Å². The monoisotopic (exact) mass is 463 g/mol. The summed E-state index contributed by atoms with van der Waals surface area (Å²) in [6.45, 7) is 2.83. The zero-order valence-corrected chi connectivity index (χ0v) is 19.3. The number of hydrogen-bond donors (Lipinski definition) is 3. The summed E-state index contributed by atoms with van der Waals surface area (Å²) in [6.07, 6.45) is 2.53. The van der Waals surface area contributed by atoms with Gasteiger partial charge in [0.2, 0.25) is 10.0 Å². The fourth-order valence-electron chi connectivity index (χ4n) is 4.10. The Kier molecular flexibility index (Phi) is 6.16. The van der Waals surface area contributed by atoms with E-state index in [1.54, 1.807) is 7.05 Å². The largest absolute Gasteiger partial charge is 0.355 e. The van der Waals surface area contributed by atoms with Gasteiger partial charge in [-0.05, 0) is 42.7 Å². The molecule has 1 aromatic heterocycles. The molecule has 0 saturated carbocycles. The van der Waals surface area contributed by atoms with E-state index >= 15 is 0 Å². The van der Waals surface area contributed by atoms with Crippen LogP contribution in [0.25, 0.3) is 0 Å². The van der Waals surface area contributed by atoms with Crippen molar-refractivity contribution < 1.29 is 22.9 Å². The molecule has 1 saturated heterocycles. The molecule has 1 atom stereocenters. The van der Waals surface area contributed by atoms with E-state index in [1.165, 1.54) is 44.8 Å². The Hall–Kier alpha value is -2.27. The van der Waals surface area contributed by atoms with Gasteiger partial charge in [-0.3, -0.25) is 9.59 Å². The molecule has 1 fully saturated rings. The number of likely N-dealkylation sites (N-methyl/N-ethyl adjacent to an activating group) is 1. The first-order chi connectivity index (χ1) is 14.8. The van der Waals surface area contributed by atoms with Gasteiger partial charge in [0.25, 0.3) is 11.8 Å². The van der Waals surface area contributed by atoms with Crippen LogP contribution in [0.2, 0.25) is 0 Å². The van der Waals surface area contributed by atoms with Gasteiger partial charge in [0.15, 0.2) is 0 Å². The second-order valence-electron chi connectivity index (χ2n) is 8.01. The van der Waals surface area contributed by atoms with Crippen LogP contribution in [-0.4, -0.2) is 58.3 Å². The lowest BCUT2D eigenvalue weighted by Gasteiger charge is -2.19. The van der Waals surface area contributed by atoms with Crippen molar-refractivity contribution in [2.75, 3.05) is 39.0 Å². The van der Waals surface area contributed by atoms with Crippen LogP contribution < -0.4 is 15.5 Å². The Labute approximate surface area is 186 Å². The molecule has 10 heteroatoms. The lowest BCUT2D eigenvalue weighted by atomic mass is 10.0. The Morgan fingerprint density at radius 2 is 1.77 bits per heavy atom. The van der Waals surface area contributed by atoms with E-state index < -0.39 is 10.0 Å². The van der Waals surface area contributed by atoms with Crippen LogP contribution in [0.1, 0.15) is 44.0 Å². The molecule has 31 heavy (non-hydrogen) atoms. The van der Waals surface area contributed by atoms with Crippen molar-refractivity contribution >= 4 is 38.2 Å². The molecule has 0 spiro atoms. The van der Waals surface area contributed by atoms with E-state index in [1.807, 2.05) is 0 Å². The number of thiophene rings is 1. The average molecular weight is 464 g/mol. The second kappa shape index (κ2) is 8.70. The summed E-state index contributed by atoms with van der Waals surface area (Å²) in [7, 11) is 0.170. The summed E-state index contributed by atoms with van der Waals surface area (Å²) in [5.41, 5.74) is 1.89. The summed E-state index contributed by atoms with van der Waals surface area (Å²) in [5.74, 6) is -0.575. The van der Waals surface area contributed by atoms with Crippen LogP contribution in [0.3, 0.4) is 0 Å². The van der Waals surface area contributed by atoms with Gasteiger partial charge >= 0.3 is 0 Å². The van der Waals surface area contributed by atoms with Gasteiger partial charge in [-0.1, -0.05) is 0 Å². The number of carbonyl (C=O) groups is 2. The van der Waals surface area contributed by atoms with Crippen LogP contribution in [0.4, 0.5) is 5.00 Å². The summed E-state index contributed by atoms with van der Waals surface area (Å²) in [5, 5.41) is 6.09. The van der Waals surface area contributed by atoms with Gasteiger partial charge in [0, 0.05) is 32.1 Å². The van der Waals surface area contributed by atoms with Crippen molar-refractivity contribution in [3.63, 3.8) is 0 Å². The van der Waals surface area contributed by atoms with Gasteiger partial charge in [-0.25, -0.2) is 8.42 Å². The second-order valence-corrected chi connectivity index (χ2v) is 11.1. The van der Waals surface area contributed by atoms with E-state index in [-0.39, 0.29) is 16.7 Å². The minimum absolute atomic E-state index is 0.189. The lowest BCUT2D eigenvalue weighted by Crippen LogP contribution is -3.08. The highest BCUT2D eigenvalue weighted by atomic mass is 32.2. The molecule has 0 bridgehead atoms. The minimum Gasteiger partial charge on any atom is -0.355 e. The van der Waals surface area contributed by atoms with Crippen LogP contribution >= 0.6 is 11.3 Å². The highest BCUT2D eigenvalue weighted by Crippen LogP contribution is 2.35. The standard InChI is InChI=1S/C21H26N4O4S2/c1-22-20(27)18-16-9-12-24(2)13-17(16)30-21(18)23-19(26)14-5-7-15(8-6-14)31(28,29)25-10-3-4-11-25/h5-8H,3-4,9-13H2,1-2H3,(H,22,27)(H,23,26)/p+1. The van der Waals surface area contributed by atoms with E-state index in [4.69, 9.17) is 0 Å². The highest BCUT2D eigenvalue weighted by molar-refractivity contribution is 7.89. The Balaban J connectivity index is 1.57. The fraction of sp³-hybridized carbons (Fsp3) is 0.429. The molecular formula is C21H27N4O4S2+. The third-order valence-electron chi connectivity index (χ3n) is 5.86. The number of carbonyl (C=O) groups excluding carboxylic acids is 2. The zero-order chi connectivity index (χ0) is 22.2. The molecule has 2 aliphatic heterocycles. The van der Waals surface area contributed by atoms with Gasteiger partial charge in [0.05, 0.1) is 28.9 Å². The molecule has 4 rings (SSSR count). The fourth-order valence-corrected chi connectivity index (χ4v) is 6.98. The summed E-state index contributed by atoms with van der Waals surface area (Å²) in [6, 6.07) is 5.98. The smallest absolute Gasteiger partial charge is 0.256 e. The number of amides is 2. The number of benzene rings is 1. The predicted molar refractivity (Wildman–Crippen MR) is 119 cm³/mol. The Morgan fingerprint density at radius 1 is 1.10 bits per heavy atom. The molecule has 166 valence electrons. The summed E-state index contributed by atoms with van der Waals surface area (Å²) < 4.78 is 26.8. The van der Waals surface area contributed by atoms with Gasteiger partial charge in [0.1, 0.15) is 11.5 Å². The molecule has 1 unspecified atom stereocenters. The number of nitrogens with one attached hydrogen (secondary N) is 3. The molecule has 2 aromatic rings. The van der Waals surface area contributed by atoms with Crippen LogP contribution in [0.5, 0.6) is 0 Å². The first-order valence-electron chi connectivity index (χ1n) is 10.4. The van der Waals surface area contributed by atoms with Gasteiger partial charge in [-0.15, -0.1) is 11.3 Å². The van der Waals surface area contributed by atoms with E-state index in [0.29, 0.717) is 29.2 Å². The first kappa shape index (κ1) is 21.9. The molecule has 0 aliphatic carbocycles. The molecule has 2 aliphatic rings. The number of anilines is 1. The van der Waals surface area contributed by atoms with Crippen molar-refractivity contribution in [2.24, 2.45) is 0 Å². The van der Waals surface area contributed by atoms with E-state index in [2.05, 4.69) is 17.7 Å². The van der Waals surface area contributed by atoms with E-state index in [9.17, 15) is 18.0 Å². The van der Waals surface area contributed by atoms with Crippen LogP contribution in [-0.2, 0) is 23.0 Å². The van der Waals surface area contributed by atoms with Crippen molar-refractivity contribution in [2.45, 2.75) is 30.7 Å². The quantitative estimate of drug-likeness (QED) is 0.608. The number of quaternary nitrogens is 1. The summed E-state index contributed by atoms with van der Waals surface area (Å²) >= 11 is 1.44. The lowest BCUT2D eigenvalue weighted by molar-refractivity contribution is -0.895. The molecule has 8 nitrogen and oxygen atoms in total. The van der Waals surface area contributed by atoms with E-state index in [0.717, 1.165) is 42.8 Å². The molecule has 3 heterocycles. The van der Waals surface area contributed by atoms with Gasteiger partial charge in [-0.2, -0.15) is 4.31 Å². The Morgan fingerprint density at radius 3 is 2.42 bits per heavy atom. The molecular weight excluding hydrogens is 436 g/mol. The maximum atomic E-state index is 12.9. The van der Waals surface area contributed by atoms with Gasteiger partial charge < -0.3 is 15.5 Å². The van der Waals surface area contributed by atoms with Crippen molar-refractivity contribution in [3.8, 4) is 0 Å². The molecule has 0 radical (unpaired) electrons. The maximum absolute atomic E-state index is 12.9. The number of sulfonamides is 1. The highest BCUT2D eigenvalue weighted by Gasteiger charge is 2.30. The summed E-state index contributed by atoms with van der Waals surface area (Å²) in [4.78, 5) is 28.1. The topological polar surface area (TPSA) is 100 Å². The average Bonchev–Trinajstić information content (AvgIpc) is 3.41. The molecule has 1 aromatic carbocycles. The molecule has 2 amide bonds. The predicted octanol–water partition coefficient (Wildman–Crippen LogP) is 0.715. The third-order valence-corrected chi connectivity index (χ3v) is 8.92. The minimum atomic E-state index is -3.52. The SMILES string of the molecule is CNC(=O)c1c(NC(=O)c2ccc(S(=O)(=O)N3CCCC3)cc2)sc2c1CC[NH+](C)C2. The third kappa shape index (κ3) is 4.25. The number of nitrogens with zero attached hydrogens (tertiary/aromatic N) is 1. The Bertz CT molecular complexity index is 1100. The zero-order valence-electron chi connectivity index (χ0n) is 17.7. The number of fused-ring (bicyclic) bond motifs is 1. The number of hydrogen-bond acceptors (Lipinski definition) is 5. The first-order valence-corrected chi connectivity index (χ1v) is 12.7. The number of rotatable bonds is 5. The maximum Gasteiger partial charge on any atom is 0.256 e. The molecule has 3 N–H and O–H groups in total. The normalized spacial score (nSPS) is 19.1. The van der Waals surface area contributed by atoms with Crippen molar-refractivity contribution in [1.82, 2.24) is 9.62 Å². The van der Waals surface area contributed by atoms with Crippen molar-refractivity contribution in [1.29, 1.82) is 0 Å².